The molecule has 112 valence electrons. The van der Waals surface area contributed by atoms with Gasteiger partial charge in [-0.25, -0.2) is 0 Å². The van der Waals surface area contributed by atoms with E-state index in [1.165, 1.54) is 51.9 Å². The number of nitrogens with zero attached hydrogens (tertiary/aromatic N) is 2. The minimum Gasteiger partial charge on any atom is -0.377 e. The number of hydrogen-bond acceptors (Lipinski definition) is 3. The summed E-state index contributed by atoms with van der Waals surface area (Å²) in [6, 6.07) is 0.691. The van der Waals surface area contributed by atoms with Gasteiger partial charge in [0.05, 0.1) is 12.7 Å². The third-order valence-corrected chi connectivity index (χ3v) is 4.84. The second-order valence-electron chi connectivity index (χ2n) is 6.72. The first kappa shape index (κ1) is 15.3. The van der Waals surface area contributed by atoms with Crippen molar-refractivity contribution >= 4 is 0 Å². The summed E-state index contributed by atoms with van der Waals surface area (Å²) in [6.07, 6.45) is 5.68. The van der Waals surface area contributed by atoms with Gasteiger partial charge in [-0.1, -0.05) is 6.92 Å². The first-order valence-corrected chi connectivity index (χ1v) is 8.23. The highest BCUT2D eigenvalue weighted by molar-refractivity contribution is 4.75. The van der Waals surface area contributed by atoms with Crippen LogP contribution < -0.4 is 0 Å². The molecule has 2 heterocycles. The lowest BCUT2D eigenvalue weighted by Gasteiger charge is -2.35. The Morgan fingerprint density at radius 3 is 2.21 bits per heavy atom. The van der Waals surface area contributed by atoms with Gasteiger partial charge in [-0.3, -0.25) is 0 Å². The van der Waals surface area contributed by atoms with E-state index in [9.17, 15) is 0 Å². The number of hydrogen-bond donors (Lipinski definition) is 0. The van der Waals surface area contributed by atoms with Gasteiger partial charge in [-0.15, -0.1) is 0 Å². The quantitative estimate of drug-likeness (QED) is 0.762. The molecule has 2 aliphatic heterocycles. The van der Waals surface area contributed by atoms with Crippen molar-refractivity contribution in [1.82, 2.24) is 9.80 Å². The predicted molar refractivity (Wildman–Crippen MR) is 80.5 cm³/mol. The monoisotopic (exact) mass is 268 g/mol. The Balaban J connectivity index is 1.54. The van der Waals surface area contributed by atoms with E-state index in [-0.39, 0.29) is 0 Å². The maximum atomic E-state index is 6.07. The molecule has 0 radical (unpaired) electrons. The lowest BCUT2D eigenvalue weighted by Crippen LogP contribution is -2.42. The molecule has 3 nitrogen and oxygen atoms in total. The lowest BCUT2D eigenvalue weighted by atomic mass is 9.99. The van der Waals surface area contributed by atoms with E-state index in [1.54, 1.807) is 0 Å². The fourth-order valence-electron chi connectivity index (χ4n) is 3.19. The van der Waals surface area contributed by atoms with E-state index in [0.29, 0.717) is 12.1 Å². The molecule has 2 rings (SSSR count). The molecular formula is C16H32N2O. The molecule has 0 spiro atoms. The van der Waals surface area contributed by atoms with Crippen molar-refractivity contribution < 1.29 is 4.74 Å². The van der Waals surface area contributed by atoms with Gasteiger partial charge in [0.2, 0.25) is 0 Å². The van der Waals surface area contributed by atoms with Gasteiger partial charge >= 0.3 is 0 Å². The minimum absolute atomic E-state index is 0.513. The molecule has 0 unspecified atom stereocenters. The van der Waals surface area contributed by atoms with Crippen molar-refractivity contribution in [3.8, 4) is 0 Å². The average Bonchev–Trinajstić information content (AvgIpc) is 2.41. The maximum absolute atomic E-state index is 6.07. The molecule has 2 fully saturated rings. The Bertz CT molecular complexity index is 241. The Labute approximate surface area is 119 Å². The molecule has 0 atom stereocenters. The van der Waals surface area contributed by atoms with Crippen molar-refractivity contribution in [2.75, 3.05) is 39.3 Å². The van der Waals surface area contributed by atoms with Gasteiger partial charge in [-0.2, -0.15) is 0 Å². The summed E-state index contributed by atoms with van der Waals surface area (Å²) in [5.74, 6) is 0.928. The molecule has 0 aliphatic carbocycles. The largest absolute Gasteiger partial charge is 0.377 e. The molecule has 0 aromatic rings. The summed E-state index contributed by atoms with van der Waals surface area (Å²) in [7, 11) is 0. The van der Waals surface area contributed by atoms with E-state index >= 15 is 0 Å². The normalized spacial score (nSPS) is 25.3. The molecule has 0 saturated carbocycles. The van der Waals surface area contributed by atoms with E-state index in [0.717, 1.165) is 19.1 Å². The summed E-state index contributed by atoms with van der Waals surface area (Å²) in [4.78, 5) is 5.13. The number of rotatable bonds is 5. The van der Waals surface area contributed by atoms with Crippen molar-refractivity contribution in [3.05, 3.63) is 0 Å². The van der Waals surface area contributed by atoms with E-state index in [1.807, 2.05) is 0 Å². The topological polar surface area (TPSA) is 15.7 Å². The Morgan fingerprint density at radius 2 is 1.63 bits per heavy atom. The Kier molecular flexibility index (Phi) is 6.11. The van der Waals surface area contributed by atoms with Crippen LogP contribution >= 0.6 is 0 Å². The van der Waals surface area contributed by atoms with Crippen LogP contribution in [0.5, 0.6) is 0 Å². The van der Waals surface area contributed by atoms with Crippen molar-refractivity contribution in [2.45, 2.75) is 58.6 Å². The SMILES string of the molecule is CC1CCN(CCOC2CCN(C(C)C)CC2)CC1. The molecule has 19 heavy (non-hydrogen) atoms. The second kappa shape index (κ2) is 7.61. The van der Waals surface area contributed by atoms with Crippen molar-refractivity contribution in [1.29, 1.82) is 0 Å². The van der Waals surface area contributed by atoms with Crippen LogP contribution in [0.1, 0.15) is 46.5 Å². The third-order valence-electron chi connectivity index (χ3n) is 4.84. The summed E-state index contributed by atoms with van der Waals surface area (Å²) in [6.45, 7) is 14.0. The minimum atomic E-state index is 0.513. The van der Waals surface area contributed by atoms with Crippen LogP contribution in [0.15, 0.2) is 0 Å². The standard InChI is InChI=1S/C16H32N2O/c1-14(2)18-10-6-16(7-11-18)19-13-12-17-8-4-15(3)5-9-17/h14-16H,4-13H2,1-3H3. The van der Waals surface area contributed by atoms with E-state index in [4.69, 9.17) is 4.74 Å². The highest BCUT2D eigenvalue weighted by Gasteiger charge is 2.21. The Hall–Kier alpha value is -0.120. The zero-order valence-electron chi connectivity index (χ0n) is 13.1. The van der Waals surface area contributed by atoms with Crippen LogP contribution in [0.25, 0.3) is 0 Å². The van der Waals surface area contributed by atoms with Crippen LogP contribution in [0.4, 0.5) is 0 Å². The number of piperidine rings is 2. The second-order valence-corrected chi connectivity index (χ2v) is 6.72. The zero-order chi connectivity index (χ0) is 13.7. The summed E-state index contributed by atoms with van der Waals surface area (Å²) >= 11 is 0. The molecule has 2 aliphatic rings. The molecule has 2 saturated heterocycles. The van der Waals surface area contributed by atoms with Crippen LogP contribution in [-0.4, -0.2) is 61.3 Å². The van der Waals surface area contributed by atoms with E-state index < -0.39 is 0 Å². The third kappa shape index (κ3) is 5.05. The van der Waals surface area contributed by atoms with Gasteiger partial charge < -0.3 is 14.5 Å². The van der Waals surface area contributed by atoms with Crippen LogP contribution in [0, 0.1) is 5.92 Å². The highest BCUT2D eigenvalue weighted by Crippen LogP contribution is 2.17. The zero-order valence-corrected chi connectivity index (χ0v) is 13.1. The average molecular weight is 268 g/mol. The summed E-state index contributed by atoms with van der Waals surface area (Å²) < 4.78 is 6.07. The molecule has 0 aromatic carbocycles. The first-order chi connectivity index (χ1) is 9.15. The predicted octanol–water partition coefficient (Wildman–Crippen LogP) is 2.61. The maximum Gasteiger partial charge on any atom is 0.0600 e. The molecular weight excluding hydrogens is 236 g/mol. The van der Waals surface area contributed by atoms with Crippen LogP contribution in [-0.2, 0) is 4.74 Å². The molecule has 0 amide bonds. The lowest BCUT2D eigenvalue weighted by molar-refractivity contribution is -0.00940. The molecule has 0 N–H and O–H groups in total. The number of ether oxygens (including phenoxy) is 1. The Morgan fingerprint density at radius 1 is 1.00 bits per heavy atom. The fraction of sp³-hybridized carbons (Fsp3) is 1.00. The molecule has 3 heteroatoms. The van der Waals surface area contributed by atoms with Gasteiger partial charge in [0.15, 0.2) is 0 Å². The van der Waals surface area contributed by atoms with Gasteiger partial charge in [-0.05, 0) is 58.5 Å². The van der Waals surface area contributed by atoms with Crippen LogP contribution in [0.3, 0.4) is 0 Å². The highest BCUT2D eigenvalue weighted by atomic mass is 16.5. The van der Waals surface area contributed by atoms with E-state index in [2.05, 4.69) is 30.6 Å². The molecule has 0 bridgehead atoms. The number of likely N-dealkylation sites (tertiary alicyclic amines) is 2. The summed E-state index contributed by atoms with van der Waals surface area (Å²) in [5, 5.41) is 0. The van der Waals surface area contributed by atoms with Gasteiger partial charge in [0.1, 0.15) is 0 Å². The van der Waals surface area contributed by atoms with Crippen molar-refractivity contribution in [2.24, 2.45) is 5.92 Å². The first-order valence-electron chi connectivity index (χ1n) is 8.23. The fourth-order valence-corrected chi connectivity index (χ4v) is 3.19. The molecule has 0 aromatic heterocycles. The summed E-state index contributed by atoms with van der Waals surface area (Å²) in [5.41, 5.74) is 0. The van der Waals surface area contributed by atoms with Gasteiger partial charge in [0, 0.05) is 25.7 Å². The van der Waals surface area contributed by atoms with Crippen molar-refractivity contribution in [3.63, 3.8) is 0 Å². The van der Waals surface area contributed by atoms with Gasteiger partial charge in [0.25, 0.3) is 0 Å². The van der Waals surface area contributed by atoms with Crippen LogP contribution in [0.2, 0.25) is 0 Å². The smallest absolute Gasteiger partial charge is 0.0600 e.